The van der Waals surface area contributed by atoms with Gasteiger partial charge >= 0.3 is 0 Å². The van der Waals surface area contributed by atoms with E-state index in [1.165, 1.54) is 21.9 Å². The van der Waals surface area contributed by atoms with E-state index >= 15 is 0 Å². The zero-order valence-corrected chi connectivity index (χ0v) is 14.1. The number of hydrogen-bond donors (Lipinski definition) is 1. The number of rotatable bonds is 6. The lowest BCUT2D eigenvalue weighted by atomic mass is 10.1. The summed E-state index contributed by atoms with van der Waals surface area (Å²) in [6.45, 7) is 0.857. The van der Waals surface area contributed by atoms with E-state index in [9.17, 15) is 18.0 Å². The molecule has 0 spiro atoms. The van der Waals surface area contributed by atoms with Crippen molar-refractivity contribution in [3.05, 3.63) is 22.4 Å². The molecule has 22 heavy (non-hydrogen) atoms. The van der Waals surface area contributed by atoms with E-state index in [4.69, 9.17) is 0 Å². The second-order valence-corrected chi connectivity index (χ2v) is 8.33. The van der Waals surface area contributed by atoms with Crippen molar-refractivity contribution in [3.8, 4) is 0 Å². The number of thiophene rings is 1. The third-order valence-electron chi connectivity index (χ3n) is 3.66. The van der Waals surface area contributed by atoms with Crippen LogP contribution in [0, 0.1) is 0 Å². The predicted molar refractivity (Wildman–Crippen MR) is 85.5 cm³/mol. The molecule has 6 nitrogen and oxygen atoms in total. The maximum atomic E-state index is 11.9. The van der Waals surface area contributed by atoms with Gasteiger partial charge in [-0.1, -0.05) is 6.07 Å². The molecule has 1 aromatic heterocycles. The van der Waals surface area contributed by atoms with Crippen LogP contribution in [-0.2, 0) is 14.8 Å². The first-order valence-electron chi connectivity index (χ1n) is 7.17. The smallest absolute Gasteiger partial charge is 0.220 e. The van der Waals surface area contributed by atoms with Crippen molar-refractivity contribution in [1.29, 1.82) is 0 Å². The molecule has 1 saturated heterocycles. The Bertz CT molecular complexity index is 617. The average Bonchev–Trinajstić information content (AvgIpc) is 2.98. The first kappa shape index (κ1) is 17.1. The highest BCUT2D eigenvalue weighted by molar-refractivity contribution is 7.88. The number of piperidine rings is 1. The fourth-order valence-electron chi connectivity index (χ4n) is 2.42. The molecule has 0 radical (unpaired) electrons. The zero-order valence-electron chi connectivity index (χ0n) is 12.4. The van der Waals surface area contributed by atoms with Crippen LogP contribution in [0.3, 0.4) is 0 Å². The standard InChI is InChI=1S/C14H20N2O4S2/c1-22(19,20)16-8-6-11(7-9-16)15-14(18)5-4-12(17)13-3-2-10-21-13/h2-3,10-11H,4-9H2,1H3,(H,15,18). The summed E-state index contributed by atoms with van der Waals surface area (Å²) in [6, 6.07) is 3.56. The van der Waals surface area contributed by atoms with Crippen LogP contribution < -0.4 is 5.32 Å². The number of nitrogens with one attached hydrogen (secondary N) is 1. The zero-order chi connectivity index (χ0) is 16.2. The first-order chi connectivity index (χ1) is 10.4. The average molecular weight is 344 g/mol. The van der Waals surface area contributed by atoms with Gasteiger partial charge in [0.2, 0.25) is 15.9 Å². The molecule has 0 atom stereocenters. The molecule has 122 valence electrons. The van der Waals surface area contributed by atoms with E-state index in [-0.39, 0.29) is 30.6 Å². The molecule has 1 aliphatic heterocycles. The molecule has 0 unspecified atom stereocenters. The fourth-order valence-corrected chi connectivity index (χ4v) is 3.99. The predicted octanol–water partition coefficient (Wildman–Crippen LogP) is 1.25. The number of ketones is 1. The monoisotopic (exact) mass is 344 g/mol. The van der Waals surface area contributed by atoms with Gasteiger partial charge in [0.15, 0.2) is 5.78 Å². The van der Waals surface area contributed by atoms with Gasteiger partial charge in [-0.15, -0.1) is 11.3 Å². The normalized spacial score (nSPS) is 17.3. The van der Waals surface area contributed by atoms with Gasteiger partial charge in [0.05, 0.1) is 11.1 Å². The number of sulfonamides is 1. The van der Waals surface area contributed by atoms with Crippen molar-refractivity contribution in [3.63, 3.8) is 0 Å². The molecule has 0 bridgehead atoms. The highest BCUT2D eigenvalue weighted by Crippen LogP contribution is 2.14. The van der Waals surface area contributed by atoms with Crippen LogP contribution in [0.4, 0.5) is 0 Å². The Morgan fingerprint density at radius 3 is 2.55 bits per heavy atom. The van der Waals surface area contributed by atoms with Crippen LogP contribution in [0.25, 0.3) is 0 Å². The lowest BCUT2D eigenvalue weighted by Crippen LogP contribution is -2.46. The van der Waals surface area contributed by atoms with Gasteiger partial charge in [0.25, 0.3) is 0 Å². The summed E-state index contributed by atoms with van der Waals surface area (Å²) in [5.41, 5.74) is 0. The number of carbonyl (C=O) groups is 2. The molecule has 2 rings (SSSR count). The Hall–Kier alpha value is -1.25. The molecule has 1 fully saturated rings. The fraction of sp³-hybridized carbons (Fsp3) is 0.571. The van der Waals surface area contributed by atoms with Gasteiger partial charge in [-0.25, -0.2) is 12.7 Å². The molecule has 2 heterocycles. The minimum atomic E-state index is -3.15. The van der Waals surface area contributed by atoms with Gasteiger partial charge in [0, 0.05) is 32.0 Å². The number of carbonyl (C=O) groups excluding carboxylic acids is 2. The second-order valence-electron chi connectivity index (χ2n) is 5.40. The summed E-state index contributed by atoms with van der Waals surface area (Å²) in [6.07, 6.45) is 2.79. The van der Waals surface area contributed by atoms with Crippen molar-refractivity contribution in [2.24, 2.45) is 0 Å². The molecule has 1 aliphatic rings. The van der Waals surface area contributed by atoms with Crippen LogP contribution in [0.1, 0.15) is 35.4 Å². The summed E-state index contributed by atoms with van der Waals surface area (Å²) in [7, 11) is -3.15. The Morgan fingerprint density at radius 1 is 1.32 bits per heavy atom. The number of hydrogen-bond acceptors (Lipinski definition) is 5. The molecular formula is C14H20N2O4S2. The summed E-state index contributed by atoms with van der Waals surface area (Å²) in [4.78, 5) is 24.4. The molecule has 1 N–H and O–H groups in total. The van der Waals surface area contributed by atoms with Crippen LogP contribution >= 0.6 is 11.3 Å². The van der Waals surface area contributed by atoms with E-state index in [1.807, 2.05) is 11.4 Å². The maximum Gasteiger partial charge on any atom is 0.220 e. The van der Waals surface area contributed by atoms with Gasteiger partial charge < -0.3 is 5.32 Å². The Morgan fingerprint density at radius 2 is 2.00 bits per heavy atom. The molecule has 0 aliphatic carbocycles. The van der Waals surface area contributed by atoms with E-state index in [1.54, 1.807) is 6.07 Å². The molecule has 1 aromatic rings. The molecule has 8 heteroatoms. The van der Waals surface area contributed by atoms with Crippen LogP contribution in [0.2, 0.25) is 0 Å². The Kier molecular flexibility index (Phi) is 5.71. The molecule has 1 amide bonds. The third-order valence-corrected chi connectivity index (χ3v) is 5.88. The molecule has 0 aromatic carbocycles. The lowest BCUT2D eigenvalue weighted by molar-refractivity contribution is -0.122. The van der Waals surface area contributed by atoms with E-state index < -0.39 is 10.0 Å². The van der Waals surface area contributed by atoms with E-state index in [0.29, 0.717) is 30.8 Å². The molecule has 0 saturated carbocycles. The maximum absolute atomic E-state index is 11.9. The van der Waals surface area contributed by atoms with Crippen molar-refractivity contribution in [2.75, 3.05) is 19.3 Å². The second kappa shape index (κ2) is 7.34. The highest BCUT2D eigenvalue weighted by atomic mass is 32.2. The lowest BCUT2D eigenvalue weighted by Gasteiger charge is -2.30. The quantitative estimate of drug-likeness (QED) is 0.787. The summed E-state index contributed by atoms with van der Waals surface area (Å²) >= 11 is 1.38. The number of Topliss-reactive ketones (excluding diaryl/α,β-unsaturated/α-hetero) is 1. The largest absolute Gasteiger partial charge is 0.353 e. The summed E-state index contributed by atoms with van der Waals surface area (Å²) in [5.74, 6) is -0.167. The van der Waals surface area contributed by atoms with Crippen molar-refractivity contribution >= 4 is 33.1 Å². The van der Waals surface area contributed by atoms with Crippen LogP contribution in [-0.4, -0.2) is 49.8 Å². The van der Waals surface area contributed by atoms with Gasteiger partial charge in [-0.05, 0) is 24.3 Å². The van der Waals surface area contributed by atoms with Crippen LogP contribution in [0.15, 0.2) is 17.5 Å². The first-order valence-corrected chi connectivity index (χ1v) is 9.90. The van der Waals surface area contributed by atoms with E-state index in [2.05, 4.69) is 5.32 Å². The van der Waals surface area contributed by atoms with Gasteiger partial charge in [-0.3, -0.25) is 9.59 Å². The Labute approximate surface area is 134 Å². The van der Waals surface area contributed by atoms with Gasteiger partial charge in [-0.2, -0.15) is 0 Å². The highest BCUT2D eigenvalue weighted by Gasteiger charge is 2.25. The van der Waals surface area contributed by atoms with Crippen molar-refractivity contribution in [1.82, 2.24) is 9.62 Å². The SMILES string of the molecule is CS(=O)(=O)N1CCC(NC(=O)CCC(=O)c2cccs2)CC1. The minimum Gasteiger partial charge on any atom is -0.353 e. The summed E-state index contributed by atoms with van der Waals surface area (Å²) < 4.78 is 24.2. The van der Waals surface area contributed by atoms with Crippen molar-refractivity contribution in [2.45, 2.75) is 31.7 Å². The molecular weight excluding hydrogens is 324 g/mol. The third kappa shape index (κ3) is 4.89. The number of amides is 1. The minimum absolute atomic E-state index is 0.0117. The summed E-state index contributed by atoms with van der Waals surface area (Å²) in [5, 5.41) is 4.72. The number of nitrogens with zero attached hydrogens (tertiary/aromatic N) is 1. The topological polar surface area (TPSA) is 83.6 Å². The van der Waals surface area contributed by atoms with Gasteiger partial charge in [0.1, 0.15) is 0 Å². The van der Waals surface area contributed by atoms with E-state index in [0.717, 1.165) is 0 Å². The van der Waals surface area contributed by atoms with Crippen molar-refractivity contribution < 1.29 is 18.0 Å². The Balaban J connectivity index is 1.71. The van der Waals surface area contributed by atoms with Crippen LogP contribution in [0.5, 0.6) is 0 Å².